The van der Waals surface area contributed by atoms with Crippen LogP contribution in [0.4, 0.5) is 5.69 Å². The van der Waals surface area contributed by atoms with Gasteiger partial charge in [0.15, 0.2) is 0 Å². The second kappa shape index (κ2) is 5.92. The molecule has 0 saturated heterocycles. The van der Waals surface area contributed by atoms with Gasteiger partial charge in [-0.05, 0) is 38.5 Å². The summed E-state index contributed by atoms with van der Waals surface area (Å²) in [4.78, 5) is 26.3. The van der Waals surface area contributed by atoms with E-state index in [9.17, 15) is 14.9 Å². The van der Waals surface area contributed by atoms with Gasteiger partial charge in [0.1, 0.15) is 17.1 Å². The van der Waals surface area contributed by atoms with Crippen LogP contribution >= 0.6 is 0 Å². The molecule has 0 bridgehead atoms. The molecule has 0 saturated carbocycles. The molecule has 0 radical (unpaired) electrons. The van der Waals surface area contributed by atoms with Crippen molar-refractivity contribution in [1.29, 1.82) is 0 Å². The van der Waals surface area contributed by atoms with E-state index < -0.39 is 4.92 Å². The number of carbonyl (C=O) groups is 1. The lowest BCUT2D eigenvalue weighted by Crippen LogP contribution is -2.20. The van der Waals surface area contributed by atoms with Crippen molar-refractivity contribution in [1.82, 2.24) is 20.1 Å². The van der Waals surface area contributed by atoms with Gasteiger partial charge in [0, 0.05) is 13.2 Å². The van der Waals surface area contributed by atoms with Crippen molar-refractivity contribution in [2.24, 2.45) is 0 Å². The van der Waals surface area contributed by atoms with Crippen molar-refractivity contribution in [3.05, 3.63) is 51.1 Å². The molecule has 0 fully saturated rings. The summed E-state index contributed by atoms with van der Waals surface area (Å²) in [7, 11) is 1.53. The molecule has 0 aliphatic carbocycles. The molecular formula is C14H17N5O3. The van der Waals surface area contributed by atoms with Gasteiger partial charge in [0.25, 0.3) is 5.91 Å². The summed E-state index contributed by atoms with van der Waals surface area (Å²) in [6.07, 6.45) is 1.54. The molecule has 1 amide bonds. The van der Waals surface area contributed by atoms with Crippen LogP contribution in [0.3, 0.4) is 0 Å². The normalized spacial score (nSPS) is 12.0. The van der Waals surface area contributed by atoms with E-state index in [0.717, 1.165) is 5.56 Å². The standard InChI is InChI=1S/C14H17N5O3/c1-8-13(19(21)22)10(3)18(17-8)9(2)11-5-6-16-12(7-11)14(20)15-4/h5-7,9H,1-4H3,(H,15,20). The van der Waals surface area contributed by atoms with Gasteiger partial charge in [0.2, 0.25) is 0 Å². The molecule has 2 rings (SSSR count). The van der Waals surface area contributed by atoms with Crippen molar-refractivity contribution >= 4 is 11.6 Å². The highest BCUT2D eigenvalue weighted by atomic mass is 16.6. The number of rotatable bonds is 4. The van der Waals surface area contributed by atoms with Crippen LogP contribution in [0.5, 0.6) is 0 Å². The number of aromatic nitrogens is 3. The van der Waals surface area contributed by atoms with Crippen molar-refractivity contribution in [2.75, 3.05) is 7.05 Å². The molecule has 2 heterocycles. The number of hydrogen-bond donors (Lipinski definition) is 1. The number of nitrogens with one attached hydrogen (secondary N) is 1. The van der Waals surface area contributed by atoms with Crippen LogP contribution in [0.2, 0.25) is 0 Å². The van der Waals surface area contributed by atoms with Gasteiger partial charge in [-0.3, -0.25) is 24.6 Å². The third-order valence-corrected chi connectivity index (χ3v) is 3.56. The highest BCUT2D eigenvalue weighted by molar-refractivity contribution is 5.92. The minimum absolute atomic E-state index is 0.0208. The molecule has 0 aromatic carbocycles. The Bertz CT molecular complexity index is 738. The lowest BCUT2D eigenvalue weighted by Gasteiger charge is -2.14. The molecule has 8 heteroatoms. The van der Waals surface area contributed by atoms with Crippen LogP contribution in [0.15, 0.2) is 18.3 Å². The monoisotopic (exact) mass is 303 g/mol. The molecular weight excluding hydrogens is 286 g/mol. The Morgan fingerprint density at radius 2 is 2.14 bits per heavy atom. The zero-order valence-electron chi connectivity index (χ0n) is 12.8. The molecule has 8 nitrogen and oxygen atoms in total. The largest absolute Gasteiger partial charge is 0.354 e. The highest BCUT2D eigenvalue weighted by Gasteiger charge is 2.25. The SMILES string of the molecule is CNC(=O)c1cc(C(C)n2nc(C)c([N+](=O)[O-])c2C)ccn1. The summed E-state index contributed by atoms with van der Waals surface area (Å²) in [6.45, 7) is 5.14. The molecule has 0 aliphatic rings. The zero-order chi connectivity index (χ0) is 16.4. The summed E-state index contributed by atoms with van der Waals surface area (Å²) in [5.41, 5.74) is 1.97. The van der Waals surface area contributed by atoms with Crippen molar-refractivity contribution in [3.8, 4) is 0 Å². The first-order valence-electron chi connectivity index (χ1n) is 6.75. The number of nitro groups is 1. The van der Waals surface area contributed by atoms with Crippen LogP contribution in [0.1, 0.15) is 40.4 Å². The molecule has 22 heavy (non-hydrogen) atoms. The summed E-state index contributed by atoms with van der Waals surface area (Å²) in [5.74, 6) is -0.284. The van der Waals surface area contributed by atoms with E-state index >= 15 is 0 Å². The minimum Gasteiger partial charge on any atom is -0.354 e. The number of nitrogens with zero attached hydrogens (tertiary/aromatic N) is 4. The molecule has 1 atom stereocenters. The van der Waals surface area contributed by atoms with Crippen LogP contribution in [0.25, 0.3) is 0 Å². The van der Waals surface area contributed by atoms with Crippen molar-refractivity contribution < 1.29 is 9.72 Å². The Balaban J connectivity index is 2.45. The van der Waals surface area contributed by atoms with Crippen LogP contribution < -0.4 is 5.32 Å². The molecule has 116 valence electrons. The number of hydrogen-bond acceptors (Lipinski definition) is 5. The maximum absolute atomic E-state index is 11.7. The minimum atomic E-state index is -0.427. The van der Waals surface area contributed by atoms with Gasteiger partial charge < -0.3 is 5.32 Å². The first-order chi connectivity index (χ1) is 10.4. The van der Waals surface area contributed by atoms with Gasteiger partial charge in [0.05, 0.1) is 11.0 Å². The van der Waals surface area contributed by atoms with E-state index in [2.05, 4.69) is 15.4 Å². The molecule has 0 spiro atoms. The number of amides is 1. The molecule has 2 aromatic rings. The van der Waals surface area contributed by atoms with Gasteiger partial charge in [-0.2, -0.15) is 5.10 Å². The molecule has 1 unspecified atom stereocenters. The fraction of sp³-hybridized carbons (Fsp3) is 0.357. The predicted octanol–water partition coefficient (Wildman–Crippen LogP) is 1.77. The summed E-state index contributed by atoms with van der Waals surface area (Å²) in [6, 6.07) is 3.17. The fourth-order valence-corrected chi connectivity index (χ4v) is 2.40. The van der Waals surface area contributed by atoms with Crippen LogP contribution in [-0.2, 0) is 0 Å². The summed E-state index contributed by atoms with van der Waals surface area (Å²) >= 11 is 0. The van der Waals surface area contributed by atoms with E-state index in [1.165, 1.54) is 13.2 Å². The van der Waals surface area contributed by atoms with Gasteiger partial charge >= 0.3 is 5.69 Å². The smallest absolute Gasteiger partial charge is 0.312 e. The number of pyridine rings is 1. The average molecular weight is 303 g/mol. The van der Waals surface area contributed by atoms with E-state index in [1.807, 2.05) is 6.92 Å². The van der Waals surface area contributed by atoms with Gasteiger partial charge in [-0.1, -0.05) is 0 Å². The zero-order valence-corrected chi connectivity index (χ0v) is 12.8. The molecule has 1 N–H and O–H groups in total. The maximum atomic E-state index is 11.7. The van der Waals surface area contributed by atoms with Gasteiger partial charge in [-0.15, -0.1) is 0 Å². The first-order valence-corrected chi connectivity index (χ1v) is 6.75. The van der Waals surface area contributed by atoms with Crippen LogP contribution in [0, 0.1) is 24.0 Å². The van der Waals surface area contributed by atoms with Crippen molar-refractivity contribution in [3.63, 3.8) is 0 Å². The van der Waals surface area contributed by atoms with Crippen molar-refractivity contribution in [2.45, 2.75) is 26.8 Å². The van der Waals surface area contributed by atoms with E-state index in [4.69, 9.17) is 0 Å². The van der Waals surface area contributed by atoms with Gasteiger partial charge in [-0.25, -0.2) is 0 Å². The summed E-state index contributed by atoms with van der Waals surface area (Å²) < 4.78 is 1.59. The first kappa shape index (κ1) is 15.6. The quantitative estimate of drug-likeness (QED) is 0.685. The lowest BCUT2D eigenvalue weighted by molar-refractivity contribution is -0.386. The Kier molecular flexibility index (Phi) is 4.20. The Morgan fingerprint density at radius 3 is 2.68 bits per heavy atom. The molecule has 2 aromatic heterocycles. The maximum Gasteiger partial charge on any atom is 0.312 e. The summed E-state index contributed by atoms with van der Waals surface area (Å²) in [5, 5.41) is 17.9. The lowest BCUT2D eigenvalue weighted by atomic mass is 10.1. The second-order valence-electron chi connectivity index (χ2n) is 4.95. The Hall–Kier alpha value is -2.77. The fourth-order valence-electron chi connectivity index (χ4n) is 2.40. The third kappa shape index (κ3) is 2.67. The van der Waals surface area contributed by atoms with E-state index in [0.29, 0.717) is 17.1 Å². The average Bonchev–Trinajstić information content (AvgIpc) is 2.80. The predicted molar refractivity (Wildman–Crippen MR) is 79.8 cm³/mol. The highest BCUT2D eigenvalue weighted by Crippen LogP contribution is 2.27. The number of carbonyl (C=O) groups excluding carboxylic acids is 1. The van der Waals surface area contributed by atoms with Crippen LogP contribution in [-0.4, -0.2) is 32.6 Å². The second-order valence-corrected chi connectivity index (χ2v) is 4.95. The topological polar surface area (TPSA) is 103 Å². The molecule has 0 aliphatic heterocycles. The Labute approximate surface area is 127 Å². The van der Waals surface area contributed by atoms with E-state index in [1.54, 1.807) is 30.7 Å². The Morgan fingerprint density at radius 1 is 1.45 bits per heavy atom. The van der Waals surface area contributed by atoms with E-state index in [-0.39, 0.29) is 17.6 Å². The number of aryl methyl sites for hydroxylation is 1. The third-order valence-electron chi connectivity index (χ3n) is 3.56.